The van der Waals surface area contributed by atoms with Crippen molar-refractivity contribution in [3.05, 3.63) is 28.2 Å². The zero-order valence-corrected chi connectivity index (χ0v) is 12.1. The Balaban J connectivity index is 1.91. The van der Waals surface area contributed by atoms with E-state index in [1.54, 1.807) is 0 Å². The van der Waals surface area contributed by atoms with Crippen LogP contribution in [0.25, 0.3) is 10.6 Å². The molecule has 0 atom stereocenters. The first-order valence-electron chi connectivity index (χ1n) is 6.32. The van der Waals surface area contributed by atoms with Crippen molar-refractivity contribution >= 4 is 28.8 Å². The molecule has 1 fully saturated rings. The molecule has 1 N–H and O–H groups in total. The Morgan fingerprint density at radius 1 is 1.58 bits per heavy atom. The van der Waals surface area contributed by atoms with Crippen molar-refractivity contribution in [2.75, 3.05) is 0 Å². The second kappa shape index (κ2) is 4.98. The van der Waals surface area contributed by atoms with Crippen molar-refractivity contribution in [3.63, 3.8) is 0 Å². The second-order valence-corrected chi connectivity index (χ2v) is 6.30. The lowest BCUT2D eigenvalue weighted by Gasteiger charge is -2.00. The van der Waals surface area contributed by atoms with Crippen LogP contribution in [0, 0.1) is 0 Å². The fraction of sp³-hybridized carbons (Fsp3) is 0.385. The number of hydrogen-bond donors (Lipinski definition) is 1. The largest absolute Gasteiger partial charge is 0.348 e. The number of carbonyl (C=O) groups excluding carboxylic acids is 1. The van der Waals surface area contributed by atoms with Crippen molar-refractivity contribution in [3.8, 4) is 10.6 Å². The van der Waals surface area contributed by atoms with Gasteiger partial charge in [0.15, 0.2) is 5.69 Å². The molecule has 1 aliphatic rings. The van der Waals surface area contributed by atoms with Gasteiger partial charge in [-0.3, -0.25) is 9.48 Å². The van der Waals surface area contributed by atoms with Gasteiger partial charge in [0.2, 0.25) is 0 Å². The smallest absolute Gasteiger partial charge is 0.272 e. The van der Waals surface area contributed by atoms with E-state index in [4.69, 9.17) is 11.6 Å². The predicted octanol–water partition coefficient (Wildman–Crippen LogP) is 3.18. The van der Waals surface area contributed by atoms with E-state index < -0.39 is 0 Å². The zero-order chi connectivity index (χ0) is 13.4. The fourth-order valence-electron chi connectivity index (χ4n) is 1.91. The van der Waals surface area contributed by atoms with Gasteiger partial charge in [-0.2, -0.15) is 5.10 Å². The Bertz CT molecular complexity index is 615. The van der Waals surface area contributed by atoms with Gasteiger partial charge in [0.1, 0.15) is 0 Å². The molecule has 0 saturated heterocycles. The SMILES string of the molecule is CCn1nc(C(=O)NC2CC2)cc1-c1ccc(Cl)s1. The third-order valence-electron chi connectivity index (χ3n) is 3.05. The van der Waals surface area contributed by atoms with Gasteiger partial charge in [-0.25, -0.2) is 0 Å². The molecular weight excluding hydrogens is 282 g/mol. The quantitative estimate of drug-likeness (QED) is 0.942. The normalized spacial score (nSPS) is 14.6. The standard InChI is InChI=1S/C13H14ClN3OS/c1-2-17-10(11-5-6-12(14)19-11)7-9(16-17)13(18)15-8-3-4-8/h5-8H,2-4H2,1H3,(H,15,18). The fourth-order valence-corrected chi connectivity index (χ4v) is 2.97. The van der Waals surface area contributed by atoms with Gasteiger partial charge in [0.05, 0.1) is 14.9 Å². The van der Waals surface area contributed by atoms with Crippen molar-refractivity contribution in [1.29, 1.82) is 0 Å². The summed E-state index contributed by atoms with van der Waals surface area (Å²) in [7, 11) is 0. The van der Waals surface area contributed by atoms with E-state index in [0.717, 1.165) is 34.3 Å². The summed E-state index contributed by atoms with van der Waals surface area (Å²) in [5.41, 5.74) is 1.42. The van der Waals surface area contributed by atoms with Crippen LogP contribution in [-0.2, 0) is 6.54 Å². The average molecular weight is 296 g/mol. The summed E-state index contributed by atoms with van der Waals surface area (Å²) in [4.78, 5) is 13.0. The van der Waals surface area contributed by atoms with Gasteiger partial charge < -0.3 is 5.32 Å². The summed E-state index contributed by atoms with van der Waals surface area (Å²) in [5, 5.41) is 7.32. The van der Waals surface area contributed by atoms with E-state index in [9.17, 15) is 4.79 Å². The number of aryl methyl sites for hydroxylation is 1. The molecule has 0 radical (unpaired) electrons. The Labute approximate surface area is 120 Å². The topological polar surface area (TPSA) is 46.9 Å². The lowest BCUT2D eigenvalue weighted by molar-refractivity contribution is 0.0945. The van der Waals surface area contributed by atoms with Crippen LogP contribution < -0.4 is 5.32 Å². The van der Waals surface area contributed by atoms with Crippen LogP contribution in [0.3, 0.4) is 0 Å². The van der Waals surface area contributed by atoms with Gasteiger partial charge in [-0.15, -0.1) is 11.3 Å². The van der Waals surface area contributed by atoms with Crippen LogP contribution in [0.5, 0.6) is 0 Å². The van der Waals surface area contributed by atoms with Crippen LogP contribution in [0.15, 0.2) is 18.2 Å². The first-order chi connectivity index (χ1) is 9.17. The number of nitrogens with zero attached hydrogens (tertiary/aromatic N) is 2. The molecule has 6 heteroatoms. The maximum Gasteiger partial charge on any atom is 0.272 e. The molecule has 1 aliphatic carbocycles. The van der Waals surface area contributed by atoms with Crippen molar-refractivity contribution in [1.82, 2.24) is 15.1 Å². The number of halogens is 1. The third kappa shape index (κ3) is 2.67. The number of thiophene rings is 1. The molecule has 0 bridgehead atoms. The highest BCUT2D eigenvalue weighted by molar-refractivity contribution is 7.19. The van der Waals surface area contributed by atoms with Crippen LogP contribution in [0.1, 0.15) is 30.3 Å². The monoisotopic (exact) mass is 295 g/mol. The highest BCUT2D eigenvalue weighted by Gasteiger charge is 2.25. The zero-order valence-electron chi connectivity index (χ0n) is 10.5. The number of amides is 1. The molecule has 0 aromatic carbocycles. The van der Waals surface area contributed by atoms with E-state index in [2.05, 4.69) is 10.4 Å². The minimum atomic E-state index is -0.0846. The highest BCUT2D eigenvalue weighted by atomic mass is 35.5. The molecule has 4 nitrogen and oxygen atoms in total. The molecule has 2 aromatic rings. The molecule has 19 heavy (non-hydrogen) atoms. The van der Waals surface area contributed by atoms with Crippen LogP contribution in [0.4, 0.5) is 0 Å². The second-order valence-electron chi connectivity index (χ2n) is 4.58. The Morgan fingerprint density at radius 3 is 2.95 bits per heavy atom. The minimum Gasteiger partial charge on any atom is -0.348 e. The van der Waals surface area contributed by atoms with E-state index in [-0.39, 0.29) is 5.91 Å². The highest BCUT2D eigenvalue weighted by Crippen LogP contribution is 2.31. The number of aromatic nitrogens is 2. The van der Waals surface area contributed by atoms with Gasteiger partial charge in [0, 0.05) is 12.6 Å². The molecule has 100 valence electrons. The minimum absolute atomic E-state index is 0.0846. The van der Waals surface area contributed by atoms with Crippen LogP contribution in [-0.4, -0.2) is 21.7 Å². The average Bonchev–Trinajstić information content (AvgIpc) is 2.93. The van der Waals surface area contributed by atoms with E-state index in [0.29, 0.717) is 11.7 Å². The molecule has 2 aromatic heterocycles. The Hall–Kier alpha value is -1.33. The summed E-state index contributed by atoms with van der Waals surface area (Å²) in [6.07, 6.45) is 2.15. The lowest BCUT2D eigenvalue weighted by Crippen LogP contribution is -2.25. The maximum absolute atomic E-state index is 12.0. The van der Waals surface area contributed by atoms with Gasteiger partial charge >= 0.3 is 0 Å². The summed E-state index contributed by atoms with van der Waals surface area (Å²) in [6.45, 7) is 2.73. The molecule has 1 saturated carbocycles. The van der Waals surface area contributed by atoms with Gasteiger partial charge in [0.25, 0.3) is 5.91 Å². The molecule has 0 aliphatic heterocycles. The van der Waals surface area contributed by atoms with Crippen LogP contribution >= 0.6 is 22.9 Å². The van der Waals surface area contributed by atoms with Crippen molar-refractivity contribution < 1.29 is 4.79 Å². The molecule has 2 heterocycles. The summed E-state index contributed by atoms with van der Waals surface area (Å²) in [5.74, 6) is -0.0846. The van der Waals surface area contributed by atoms with Gasteiger partial charge in [-0.05, 0) is 38.0 Å². The van der Waals surface area contributed by atoms with Crippen molar-refractivity contribution in [2.24, 2.45) is 0 Å². The number of nitrogens with one attached hydrogen (secondary N) is 1. The van der Waals surface area contributed by atoms with Gasteiger partial charge in [-0.1, -0.05) is 11.6 Å². The summed E-state index contributed by atoms with van der Waals surface area (Å²) in [6, 6.07) is 6.00. The molecular formula is C13H14ClN3OS. The summed E-state index contributed by atoms with van der Waals surface area (Å²) < 4.78 is 2.58. The number of carbonyl (C=O) groups is 1. The summed E-state index contributed by atoms with van der Waals surface area (Å²) >= 11 is 7.46. The van der Waals surface area contributed by atoms with Crippen molar-refractivity contribution in [2.45, 2.75) is 32.4 Å². The predicted molar refractivity (Wildman–Crippen MR) is 76.7 cm³/mol. The Morgan fingerprint density at radius 2 is 2.37 bits per heavy atom. The first kappa shape index (κ1) is 12.7. The van der Waals surface area contributed by atoms with E-state index >= 15 is 0 Å². The Kier molecular flexibility index (Phi) is 3.33. The third-order valence-corrected chi connectivity index (χ3v) is 4.30. The molecule has 0 spiro atoms. The van der Waals surface area contributed by atoms with Crippen LogP contribution in [0.2, 0.25) is 4.34 Å². The maximum atomic E-state index is 12.0. The first-order valence-corrected chi connectivity index (χ1v) is 7.51. The molecule has 1 amide bonds. The van der Waals surface area contributed by atoms with E-state index in [1.165, 1.54) is 11.3 Å². The number of rotatable bonds is 4. The lowest BCUT2D eigenvalue weighted by atomic mass is 10.3. The number of hydrogen-bond acceptors (Lipinski definition) is 3. The molecule has 0 unspecified atom stereocenters. The molecule has 3 rings (SSSR count). The van der Waals surface area contributed by atoms with E-state index in [1.807, 2.05) is 29.8 Å².